The predicted molar refractivity (Wildman–Crippen MR) is 112 cm³/mol. The predicted octanol–water partition coefficient (Wildman–Crippen LogP) is 3.99. The molecule has 0 radical (unpaired) electrons. The molecule has 0 aromatic heterocycles. The highest BCUT2D eigenvalue weighted by Crippen LogP contribution is 2.18. The quantitative estimate of drug-likeness (QED) is 0.597. The van der Waals surface area contributed by atoms with E-state index in [1.807, 2.05) is 36.4 Å². The number of ether oxygens (including phenoxy) is 3. The highest BCUT2D eigenvalue weighted by molar-refractivity contribution is 5.31. The van der Waals surface area contributed by atoms with Crippen molar-refractivity contribution in [1.82, 2.24) is 4.90 Å². The van der Waals surface area contributed by atoms with Crippen LogP contribution in [0.15, 0.2) is 48.5 Å². The average Bonchev–Trinajstić information content (AvgIpc) is 2.71. The van der Waals surface area contributed by atoms with Crippen LogP contribution >= 0.6 is 0 Å². The minimum absolute atomic E-state index is 0.257. The van der Waals surface area contributed by atoms with Gasteiger partial charge in [0.1, 0.15) is 30.0 Å². The molecule has 5 nitrogen and oxygen atoms in total. The second kappa shape index (κ2) is 11.6. The van der Waals surface area contributed by atoms with Crippen LogP contribution in [0.25, 0.3) is 0 Å². The van der Waals surface area contributed by atoms with Crippen molar-refractivity contribution in [1.29, 1.82) is 0 Å². The average molecular weight is 388 g/mol. The number of benzene rings is 2. The molecule has 28 heavy (non-hydrogen) atoms. The van der Waals surface area contributed by atoms with Gasteiger partial charge in [-0.15, -0.1) is 0 Å². The van der Waals surface area contributed by atoms with E-state index in [0.29, 0.717) is 12.5 Å². The molecule has 0 fully saturated rings. The molecule has 0 aliphatic carbocycles. The van der Waals surface area contributed by atoms with Gasteiger partial charge in [-0.25, -0.2) is 0 Å². The monoisotopic (exact) mass is 387 g/mol. The van der Waals surface area contributed by atoms with Crippen LogP contribution in [0.3, 0.4) is 0 Å². The first-order valence-electron chi connectivity index (χ1n) is 9.80. The Hall–Kier alpha value is -2.24. The molecule has 0 aliphatic rings. The number of rotatable bonds is 12. The van der Waals surface area contributed by atoms with Gasteiger partial charge in [0.25, 0.3) is 0 Å². The third kappa shape index (κ3) is 7.79. The first kappa shape index (κ1) is 22.1. The van der Waals surface area contributed by atoms with E-state index in [4.69, 9.17) is 14.2 Å². The highest BCUT2D eigenvalue weighted by Gasteiger charge is 2.14. The van der Waals surface area contributed by atoms with Crippen molar-refractivity contribution < 1.29 is 19.3 Å². The lowest BCUT2D eigenvalue weighted by Gasteiger charge is -2.26. The molecule has 5 heteroatoms. The van der Waals surface area contributed by atoms with Crippen LogP contribution in [0.5, 0.6) is 17.2 Å². The summed E-state index contributed by atoms with van der Waals surface area (Å²) >= 11 is 0. The lowest BCUT2D eigenvalue weighted by Crippen LogP contribution is -2.36. The van der Waals surface area contributed by atoms with Gasteiger partial charge in [-0.3, -0.25) is 4.90 Å². The Kier molecular flexibility index (Phi) is 9.11. The highest BCUT2D eigenvalue weighted by atomic mass is 16.5. The lowest BCUT2D eigenvalue weighted by atomic mass is 10.1. The van der Waals surface area contributed by atoms with Gasteiger partial charge >= 0.3 is 0 Å². The smallest absolute Gasteiger partial charge is 0.119 e. The number of aliphatic hydroxyl groups excluding tert-OH is 1. The fraction of sp³-hybridized carbons (Fsp3) is 0.478. The Bertz CT molecular complexity index is 670. The molecule has 0 unspecified atom stereocenters. The van der Waals surface area contributed by atoms with Crippen LogP contribution < -0.4 is 14.2 Å². The fourth-order valence-electron chi connectivity index (χ4n) is 2.88. The molecule has 0 saturated carbocycles. The Balaban J connectivity index is 1.89. The van der Waals surface area contributed by atoms with E-state index in [2.05, 4.69) is 30.9 Å². The van der Waals surface area contributed by atoms with Gasteiger partial charge in [0, 0.05) is 13.1 Å². The Morgan fingerprint density at radius 1 is 0.857 bits per heavy atom. The van der Waals surface area contributed by atoms with Crippen molar-refractivity contribution in [3.63, 3.8) is 0 Å². The van der Waals surface area contributed by atoms with Gasteiger partial charge in [0.2, 0.25) is 0 Å². The van der Waals surface area contributed by atoms with Gasteiger partial charge in [0.15, 0.2) is 0 Å². The molecule has 0 spiro atoms. The van der Waals surface area contributed by atoms with Crippen molar-refractivity contribution in [2.75, 3.05) is 33.9 Å². The van der Waals surface area contributed by atoms with Crippen molar-refractivity contribution in [3.8, 4) is 17.2 Å². The van der Waals surface area contributed by atoms with Gasteiger partial charge in [0.05, 0.1) is 14.2 Å². The maximum Gasteiger partial charge on any atom is 0.119 e. The lowest BCUT2D eigenvalue weighted by molar-refractivity contribution is 0.0639. The maximum absolute atomic E-state index is 10.5. The Morgan fingerprint density at radius 2 is 1.39 bits per heavy atom. The Labute approximate surface area is 168 Å². The molecule has 0 saturated heterocycles. The number of methoxy groups -OCH3 is 2. The van der Waals surface area contributed by atoms with Gasteiger partial charge < -0.3 is 19.3 Å². The van der Waals surface area contributed by atoms with E-state index in [9.17, 15) is 5.11 Å². The van der Waals surface area contributed by atoms with E-state index < -0.39 is 6.10 Å². The standard InChI is InChI=1S/C23H33NO4/c1-18(2)13-14-24(15-19-5-7-21(26-3)8-6-19)16-20(25)17-28-23-11-9-22(27-4)10-12-23/h5-12,18,20,25H,13-17H2,1-4H3/t20-/m1/s1. The largest absolute Gasteiger partial charge is 0.497 e. The first-order chi connectivity index (χ1) is 13.5. The van der Waals surface area contributed by atoms with Gasteiger partial charge in [-0.2, -0.15) is 0 Å². The molecule has 2 aromatic rings. The molecule has 2 aromatic carbocycles. The number of hydrogen-bond acceptors (Lipinski definition) is 5. The summed E-state index contributed by atoms with van der Waals surface area (Å²) in [5, 5.41) is 10.5. The fourth-order valence-corrected chi connectivity index (χ4v) is 2.88. The molecular weight excluding hydrogens is 354 g/mol. The molecule has 0 heterocycles. The zero-order chi connectivity index (χ0) is 20.4. The molecule has 1 N–H and O–H groups in total. The molecular formula is C23H33NO4. The van der Waals surface area contributed by atoms with Crippen molar-refractivity contribution in [3.05, 3.63) is 54.1 Å². The van der Waals surface area contributed by atoms with Crippen LogP contribution in [0.2, 0.25) is 0 Å². The number of hydrogen-bond donors (Lipinski definition) is 1. The molecule has 154 valence electrons. The summed E-state index contributed by atoms with van der Waals surface area (Å²) in [6, 6.07) is 15.5. The molecule has 1 atom stereocenters. The summed E-state index contributed by atoms with van der Waals surface area (Å²) in [5.74, 6) is 2.98. The Morgan fingerprint density at radius 3 is 1.93 bits per heavy atom. The van der Waals surface area contributed by atoms with Crippen molar-refractivity contribution in [2.45, 2.75) is 32.9 Å². The second-order valence-corrected chi connectivity index (χ2v) is 7.41. The summed E-state index contributed by atoms with van der Waals surface area (Å²) in [7, 11) is 3.30. The van der Waals surface area contributed by atoms with Gasteiger partial charge in [-0.1, -0.05) is 26.0 Å². The normalized spacial score (nSPS) is 12.2. The summed E-state index contributed by atoms with van der Waals surface area (Å²) in [4.78, 5) is 2.28. The minimum Gasteiger partial charge on any atom is -0.497 e. The van der Waals surface area contributed by atoms with Crippen LogP contribution in [0.4, 0.5) is 0 Å². The maximum atomic E-state index is 10.5. The molecule has 2 rings (SSSR count). The van der Waals surface area contributed by atoms with E-state index in [0.717, 1.165) is 36.8 Å². The first-order valence-corrected chi connectivity index (χ1v) is 9.80. The van der Waals surface area contributed by atoms with Crippen LogP contribution in [-0.2, 0) is 6.54 Å². The second-order valence-electron chi connectivity index (χ2n) is 7.41. The van der Waals surface area contributed by atoms with Crippen LogP contribution in [0.1, 0.15) is 25.8 Å². The zero-order valence-electron chi connectivity index (χ0n) is 17.4. The molecule has 0 aliphatic heterocycles. The minimum atomic E-state index is -0.562. The summed E-state index contributed by atoms with van der Waals surface area (Å²) in [6.45, 7) is 6.98. The summed E-state index contributed by atoms with van der Waals surface area (Å²) in [5.41, 5.74) is 1.20. The third-order valence-corrected chi connectivity index (χ3v) is 4.56. The SMILES string of the molecule is COc1ccc(CN(CCC(C)C)C[C@@H](O)COc2ccc(OC)cc2)cc1. The topological polar surface area (TPSA) is 51.2 Å². The third-order valence-electron chi connectivity index (χ3n) is 4.56. The number of nitrogens with zero attached hydrogens (tertiary/aromatic N) is 1. The van der Waals surface area contributed by atoms with E-state index >= 15 is 0 Å². The van der Waals surface area contributed by atoms with E-state index in [-0.39, 0.29) is 6.61 Å². The van der Waals surface area contributed by atoms with Gasteiger partial charge in [-0.05, 0) is 60.8 Å². The molecule has 0 bridgehead atoms. The number of aliphatic hydroxyl groups is 1. The van der Waals surface area contributed by atoms with Crippen LogP contribution in [0, 0.1) is 5.92 Å². The van der Waals surface area contributed by atoms with E-state index in [1.54, 1.807) is 14.2 Å². The van der Waals surface area contributed by atoms with E-state index in [1.165, 1.54) is 5.56 Å². The van der Waals surface area contributed by atoms with Crippen LogP contribution in [-0.4, -0.2) is 50.0 Å². The summed E-state index contributed by atoms with van der Waals surface area (Å²) in [6.07, 6.45) is 0.523. The van der Waals surface area contributed by atoms with Crippen molar-refractivity contribution in [2.24, 2.45) is 5.92 Å². The summed E-state index contributed by atoms with van der Waals surface area (Å²) < 4.78 is 16.1. The zero-order valence-corrected chi connectivity index (χ0v) is 17.4. The van der Waals surface area contributed by atoms with Crippen molar-refractivity contribution >= 4 is 0 Å². The molecule has 0 amide bonds.